The van der Waals surface area contributed by atoms with Crippen molar-refractivity contribution in [3.63, 3.8) is 0 Å². The predicted octanol–water partition coefficient (Wildman–Crippen LogP) is 2.35. The molecule has 2 atom stereocenters. The average molecular weight is 227 g/mol. The number of aromatic nitrogens is 2. The van der Waals surface area contributed by atoms with E-state index in [2.05, 4.69) is 21.3 Å². The van der Waals surface area contributed by atoms with Crippen molar-refractivity contribution in [2.24, 2.45) is 5.92 Å². The van der Waals surface area contributed by atoms with Gasteiger partial charge in [-0.25, -0.2) is 0 Å². The van der Waals surface area contributed by atoms with Crippen molar-refractivity contribution in [1.29, 1.82) is 0 Å². The van der Waals surface area contributed by atoms with E-state index in [1.54, 1.807) is 12.4 Å². The largest absolute Gasteiger partial charge is 0.340 e. The lowest BCUT2D eigenvalue weighted by Gasteiger charge is -2.32. The third-order valence-corrected chi connectivity index (χ3v) is 4.23. The summed E-state index contributed by atoms with van der Waals surface area (Å²) in [6.45, 7) is 0. The van der Waals surface area contributed by atoms with Gasteiger partial charge in [-0.15, -0.1) is 0 Å². The molecule has 2 fully saturated rings. The first-order valence-corrected chi connectivity index (χ1v) is 6.37. The van der Waals surface area contributed by atoms with Crippen LogP contribution < -0.4 is 5.32 Å². The maximum atomic E-state index is 5.28. The third-order valence-electron chi connectivity index (χ3n) is 4.23. The van der Waals surface area contributed by atoms with E-state index < -0.39 is 0 Å². The Bertz CT molecular complexity index is 421. The maximum absolute atomic E-state index is 5.28. The van der Waals surface area contributed by atoms with E-state index in [-0.39, 0.29) is 0 Å². The third kappa shape index (κ3) is 1.88. The average Bonchev–Trinajstić information content (AvgIpc) is 2.60. The molecular weight excluding hydrogens is 210 g/mol. The molecule has 0 aromatic rings. The van der Waals surface area contributed by atoms with Gasteiger partial charge in [-0.05, 0) is 31.6 Å². The molecule has 3 heteroatoms. The van der Waals surface area contributed by atoms with Crippen LogP contribution in [0.2, 0.25) is 0 Å². The standard InChI is InChI=1S/C10H15N.C4H2N2/c1-2-11-10-6-3-4-9(8-10)5-7-10;1-3-4(5-1)2-6-3/h1,9,11H,3-8H2;1-2H/t9-,10+;/m0./s1. The SMILES string of the molecule is C#CN[C@]12CCC[C@@H](CC1)C2.c1nc2cnc1-2. The molecule has 0 unspecified atom stereocenters. The highest BCUT2D eigenvalue weighted by Gasteiger charge is 2.41. The van der Waals surface area contributed by atoms with Gasteiger partial charge in [-0.3, -0.25) is 9.97 Å². The number of nitrogens with zero attached hydrogens (tertiary/aromatic N) is 2. The van der Waals surface area contributed by atoms with Crippen molar-refractivity contribution in [1.82, 2.24) is 15.3 Å². The van der Waals surface area contributed by atoms with Crippen molar-refractivity contribution < 1.29 is 0 Å². The Morgan fingerprint density at radius 3 is 2.53 bits per heavy atom. The second-order valence-corrected chi connectivity index (χ2v) is 5.34. The van der Waals surface area contributed by atoms with Gasteiger partial charge in [0.2, 0.25) is 0 Å². The maximum Gasteiger partial charge on any atom is 0.109 e. The van der Waals surface area contributed by atoms with E-state index in [0.29, 0.717) is 5.54 Å². The van der Waals surface area contributed by atoms with Crippen LogP contribution in [0.15, 0.2) is 12.4 Å². The Morgan fingerprint density at radius 1 is 1.24 bits per heavy atom. The zero-order valence-electron chi connectivity index (χ0n) is 9.95. The Balaban J connectivity index is 0.000000125. The molecule has 3 nitrogen and oxygen atoms in total. The molecule has 0 saturated heterocycles. The van der Waals surface area contributed by atoms with Gasteiger partial charge in [-0.2, -0.15) is 0 Å². The van der Waals surface area contributed by atoms with Crippen LogP contribution in [0.3, 0.4) is 0 Å². The highest BCUT2D eigenvalue weighted by atomic mass is 15.0. The van der Waals surface area contributed by atoms with Gasteiger partial charge in [0.25, 0.3) is 0 Å². The number of terminal acetylenes is 1. The lowest BCUT2D eigenvalue weighted by molar-refractivity contribution is 0.277. The molecular formula is C14H17N3. The summed E-state index contributed by atoms with van der Waals surface area (Å²) in [7, 11) is 0. The fraction of sp³-hybridized carbons (Fsp3) is 0.571. The first-order valence-electron chi connectivity index (χ1n) is 6.37. The topological polar surface area (TPSA) is 37.8 Å². The molecule has 0 amide bonds. The summed E-state index contributed by atoms with van der Waals surface area (Å²) in [6.07, 6.45) is 16.9. The van der Waals surface area contributed by atoms with E-state index >= 15 is 0 Å². The van der Waals surface area contributed by atoms with Crippen LogP contribution >= 0.6 is 0 Å². The molecule has 2 bridgehead atoms. The van der Waals surface area contributed by atoms with Gasteiger partial charge < -0.3 is 5.32 Å². The molecule has 1 N–H and O–H groups in total. The highest BCUT2D eigenvalue weighted by Crippen LogP contribution is 2.44. The van der Waals surface area contributed by atoms with Gasteiger partial charge in [0.15, 0.2) is 0 Å². The van der Waals surface area contributed by atoms with E-state index in [0.717, 1.165) is 17.3 Å². The molecule has 4 rings (SSSR count). The van der Waals surface area contributed by atoms with E-state index in [4.69, 9.17) is 6.42 Å². The quantitative estimate of drug-likeness (QED) is 0.600. The Hall–Kier alpha value is -1.56. The van der Waals surface area contributed by atoms with Gasteiger partial charge >= 0.3 is 0 Å². The summed E-state index contributed by atoms with van der Waals surface area (Å²) in [5.41, 5.74) is 2.49. The van der Waals surface area contributed by atoms with Crippen molar-refractivity contribution in [3.05, 3.63) is 12.4 Å². The minimum atomic E-state index is 0.359. The highest BCUT2D eigenvalue weighted by molar-refractivity contribution is 5.60. The monoisotopic (exact) mass is 227 g/mol. The van der Waals surface area contributed by atoms with Crippen LogP contribution in [0.25, 0.3) is 11.4 Å². The fourth-order valence-electron chi connectivity index (χ4n) is 3.23. The Morgan fingerprint density at radius 2 is 2.00 bits per heavy atom. The molecule has 2 aliphatic heterocycles. The predicted molar refractivity (Wildman–Crippen MR) is 66.9 cm³/mol. The van der Waals surface area contributed by atoms with Gasteiger partial charge in [-0.1, -0.05) is 19.3 Å². The molecule has 0 radical (unpaired) electrons. The molecule has 2 heterocycles. The summed E-state index contributed by atoms with van der Waals surface area (Å²) >= 11 is 0. The van der Waals surface area contributed by atoms with E-state index in [9.17, 15) is 0 Å². The van der Waals surface area contributed by atoms with Crippen molar-refractivity contribution in [2.75, 3.05) is 0 Å². The number of fused-ring (bicyclic) bond motifs is 3. The van der Waals surface area contributed by atoms with Crippen LogP contribution in [-0.2, 0) is 0 Å². The molecule has 88 valence electrons. The zero-order valence-corrected chi connectivity index (χ0v) is 9.95. The van der Waals surface area contributed by atoms with Crippen molar-refractivity contribution >= 4 is 0 Å². The normalized spacial score (nSPS) is 30.9. The Labute approximate surface area is 102 Å². The van der Waals surface area contributed by atoms with Crippen molar-refractivity contribution in [3.8, 4) is 23.9 Å². The summed E-state index contributed by atoms with van der Waals surface area (Å²) < 4.78 is 0. The van der Waals surface area contributed by atoms with Crippen LogP contribution in [0, 0.1) is 18.4 Å². The molecule has 2 aliphatic carbocycles. The minimum Gasteiger partial charge on any atom is -0.340 e. The van der Waals surface area contributed by atoms with Gasteiger partial charge in [0.1, 0.15) is 11.4 Å². The van der Waals surface area contributed by atoms with Crippen LogP contribution in [-0.4, -0.2) is 15.5 Å². The fourth-order valence-corrected chi connectivity index (χ4v) is 3.23. The zero-order chi connectivity index (χ0) is 11.7. The van der Waals surface area contributed by atoms with Crippen LogP contribution in [0.4, 0.5) is 0 Å². The molecule has 17 heavy (non-hydrogen) atoms. The summed E-state index contributed by atoms with van der Waals surface area (Å²) in [6, 6.07) is 2.61. The lowest BCUT2D eigenvalue weighted by Crippen LogP contribution is -2.41. The number of nitrogens with one attached hydrogen (secondary N) is 1. The van der Waals surface area contributed by atoms with Crippen LogP contribution in [0.1, 0.15) is 38.5 Å². The number of hydrogen-bond donors (Lipinski definition) is 1. The van der Waals surface area contributed by atoms with E-state index in [1.807, 2.05) is 0 Å². The van der Waals surface area contributed by atoms with Gasteiger partial charge in [0, 0.05) is 11.6 Å². The first kappa shape index (κ1) is 10.6. The molecule has 0 spiro atoms. The summed E-state index contributed by atoms with van der Waals surface area (Å²) in [4.78, 5) is 7.69. The summed E-state index contributed by atoms with van der Waals surface area (Å²) in [5.74, 6) is 0.976. The molecule has 0 aromatic heterocycles. The van der Waals surface area contributed by atoms with Crippen molar-refractivity contribution in [2.45, 2.75) is 44.1 Å². The number of hydrogen-bond acceptors (Lipinski definition) is 3. The summed E-state index contributed by atoms with van der Waals surface area (Å²) in [5, 5.41) is 3.22. The minimum absolute atomic E-state index is 0.359. The van der Waals surface area contributed by atoms with Crippen LogP contribution in [0.5, 0.6) is 0 Å². The van der Waals surface area contributed by atoms with Gasteiger partial charge in [0.05, 0.1) is 12.4 Å². The number of rotatable bonds is 1. The molecule has 2 saturated carbocycles. The van der Waals surface area contributed by atoms with E-state index in [1.165, 1.54) is 38.5 Å². The molecule has 4 aliphatic rings. The second-order valence-electron chi connectivity index (χ2n) is 5.34. The Kier molecular flexibility index (Phi) is 2.51. The molecule has 0 aromatic carbocycles. The lowest BCUT2D eigenvalue weighted by atomic mass is 9.83. The second kappa shape index (κ2) is 4.03. The first-order chi connectivity index (χ1) is 8.31. The smallest absolute Gasteiger partial charge is 0.109 e.